The van der Waals surface area contributed by atoms with Crippen LogP contribution in [0.5, 0.6) is 0 Å². The van der Waals surface area contributed by atoms with E-state index in [0.717, 1.165) is 19.0 Å². The van der Waals surface area contributed by atoms with Crippen LogP contribution in [0.3, 0.4) is 0 Å². The Morgan fingerprint density at radius 3 is 2.96 bits per heavy atom. The van der Waals surface area contributed by atoms with Crippen LogP contribution in [-0.2, 0) is 0 Å². The highest BCUT2D eigenvalue weighted by Crippen LogP contribution is 2.39. The van der Waals surface area contributed by atoms with Crippen molar-refractivity contribution in [2.45, 2.75) is 37.4 Å². The van der Waals surface area contributed by atoms with Gasteiger partial charge >= 0.3 is 0 Å². The Balaban J connectivity index is 1.52. The number of rotatable bonds is 3. The maximum Gasteiger partial charge on any atom is 0.287 e. The summed E-state index contributed by atoms with van der Waals surface area (Å²) in [6.45, 7) is 0. The number of fused-ring (bicyclic) bond motifs is 2. The summed E-state index contributed by atoms with van der Waals surface area (Å²) in [6.07, 6.45) is 6.24. The van der Waals surface area contributed by atoms with Crippen LogP contribution in [0.4, 0.5) is 4.39 Å². The van der Waals surface area contributed by atoms with Crippen LogP contribution in [0.1, 0.15) is 40.2 Å². The Bertz CT molecular complexity index is 777. The fourth-order valence-corrected chi connectivity index (χ4v) is 3.80. The van der Waals surface area contributed by atoms with Gasteiger partial charge in [0.05, 0.1) is 30.1 Å². The summed E-state index contributed by atoms with van der Waals surface area (Å²) in [4.78, 5) is 30.3. The smallest absolute Gasteiger partial charge is 0.287 e. The average Bonchev–Trinajstić information content (AvgIpc) is 3.30. The first-order valence-electron chi connectivity index (χ1n) is 7.91. The van der Waals surface area contributed by atoms with Gasteiger partial charge < -0.3 is 14.6 Å². The molecule has 2 aromatic rings. The van der Waals surface area contributed by atoms with Gasteiger partial charge in [0, 0.05) is 12.2 Å². The van der Waals surface area contributed by atoms with Crippen molar-refractivity contribution in [1.29, 1.82) is 0 Å². The minimum atomic E-state index is -0.620. The van der Waals surface area contributed by atoms with Crippen LogP contribution in [-0.4, -0.2) is 39.8 Å². The Morgan fingerprint density at radius 2 is 2.21 bits per heavy atom. The molecule has 2 bridgehead atoms. The van der Waals surface area contributed by atoms with E-state index in [2.05, 4.69) is 10.3 Å². The Labute approximate surface area is 137 Å². The number of aromatic nitrogens is 1. The molecule has 2 aliphatic heterocycles. The molecule has 0 saturated carbocycles. The molecule has 0 radical (unpaired) electrons. The van der Waals surface area contributed by atoms with E-state index in [1.165, 1.54) is 18.5 Å². The first-order valence-corrected chi connectivity index (χ1v) is 7.91. The highest BCUT2D eigenvalue weighted by atomic mass is 19.1. The maximum atomic E-state index is 13.9. The highest BCUT2D eigenvalue weighted by Gasteiger charge is 2.49. The molecular weight excluding hydrogens is 313 g/mol. The van der Waals surface area contributed by atoms with Crippen molar-refractivity contribution >= 4 is 11.8 Å². The fraction of sp³-hybridized carbons (Fsp3) is 0.353. The van der Waals surface area contributed by atoms with Gasteiger partial charge in [0.1, 0.15) is 0 Å². The number of amides is 2. The van der Waals surface area contributed by atoms with Crippen molar-refractivity contribution in [2.24, 2.45) is 0 Å². The Hall–Kier alpha value is -2.70. The summed E-state index contributed by atoms with van der Waals surface area (Å²) in [5.41, 5.74) is 0.0277. The van der Waals surface area contributed by atoms with Crippen LogP contribution < -0.4 is 5.32 Å². The van der Waals surface area contributed by atoms with Crippen LogP contribution in [0, 0.1) is 5.82 Å². The van der Waals surface area contributed by atoms with Gasteiger partial charge in [-0.05, 0) is 37.5 Å². The lowest BCUT2D eigenvalue weighted by Crippen LogP contribution is -2.45. The number of hydrogen-bond acceptors (Lipinski definition) is 4. The highest BCUT2D eigenvalue weighted by molar-refractivity contribution is 5.95. The van der Waals surface area contributed by atoms with Gasteiger partial charge in [-0.2, -0.15) is 0 Å². The van der Waals surface area contributed by atoms with Crippen molar-refractivity contribution in [3.05, 3.63) is 54.0 Å². The summed E-state index contributed by atoms with van der Waals surface area (Å²) in [5, 5.41) is 2.93. The lowest BCUT2D eigenvalue weighted by Gasteiger charge is -2.25. The average molecular weight is 329 g/mol. The molecule has 24 heavy (non-hydrogen) atoms. The predicted octanol–water partition coefficient (Wildman–Crippen LogP) is 1.99. The number of hydrogen-bond donors (Lipinski definition) is 1. The molecule has 4 heterocycles. The first kappa shape index (κ1) is 14.9. The topological polar surface area (TPSA) is 75.4 Å². The van der Waals surface area contributed by atoms with Crippen molar-refractivity contribution in [2.75, 3.05) is 0 Å². The molecule has 6 nitrogen and oxygen atoms in total. The third kappa shape index (κ3) is 2.36. The second-order valence-electron chi connectivity index (χ2n) is 6.16. The zero-order valence-electron chi connectivity index (χ0n) is 12.8. The van der Waals surface area contributed by atoms with Gasteiger partial charge in [0.25, 0.3) is 11.8 Å². The predicted molar refractivity (Wildman–Crippen MR) is 81.8 cm³/mol. The summed E-state index contributed by atoms with van der Waals surface area (Å²) in [6, 6.07) is 4.41. The number of carbonyl (C=O) groups is 2. The summed E-state index contributed by atoms with van der Waals surface area (Å²) < 4.78 is 19.0. The molecule has 0 aliphatic carbocycles. The van der Waals surface area contributed by atoms with Crippen LogP contribution in [0.25, 0.3) is 0 Å². The van der Waals surface area contributed by atoms with E-state index in [1.54, 1.807) is 17.0 Å². The molecule has 4 rings (SSSR count). The largest absolute Gasteiger partial charge is 0.459 e. The lowest BCUT2D eigenvalue weighted by molar-refractivity contribution is 0.0710. The van der Waals surface area contributed by atoms with Gasteiger partial charge in [0.2, 0.25) is 0 Å². The Morgan fingerprint density at radius 1 is 1.33 bits per heavy atom. The molecule has 2 saturated heterocycles. The van der Waals surface area contributed by atoms with E-state index in [1.807, 2.05) is 0 Å². The van der Waals surface area contributed by atoms with Crippen LogP contribution >= 0.6 is 0 Å². The number of nitrogens with one attached hydrogen (secondary N) is 1. The molecule has 2 amide bonds. The standard InChI is InChI=1S/C17H16FN3O3/c18-12-9-19-6-5-11(12)17(23)21-10-3-4-14(21)13(8-10)20-16(22)15-2-1-7-24-15/h1-2,5-7,9-10,13-14H,3-4,8H2,(H,20,22)/t10-,13-,14-/m1/s1. The number of nitrogens with zero attached hydrogens (tertiary/aromatic N) is 2. The molecule has 2 aromatic heterocycles. The van der Waals surface area contributed by atoms with E-state index >= 15 is 0 Å². The zero-order chi connectivity index (χ0) is 16.7. The van der Waals surface area contributed by atoms with E-state index in [9.17, 15) is 14.0 Å². The van der Waals surface area contributed by atoms with Gasteiger partial charge in [-0.1, -0.05) is 0 Å². The van der Waals surface area contributed by atoms with Crippen molar-refractivity contribution in [1.82, 2.24) is 15.2 Å². The Kier molecular flexibility index (Phi) is 3.55. The SMILES string of the molecule is O=C(N[C@@H]1C[C@H]2CC[C@H]1N2C(=O)c1ccncc1F)c1ccco1. The number of furan rings is 1. The molecule has 3 atom stereocenters. The van der Waals surface area contributed by atoms with Gasteiger partial charge in [-0.15, -0.1) is 0 Å². The van der Waals surface area contributed by atoms with Gasteiger partial charge in [0.15, 0.2) is 11.6 Å². The number of pyridine rings is 1. The second kappa shape index (κ2) is 5.74. The van der Waals surface area contributed by atoms with E-state index in [-0.39, 0.29) is 41.3 Å². The maximum absolute atomic E-state index is 13.9. The van der Waals surface area contributed by atoms with Crippen LogP contribution in [0.2, 0.25) is 0 Å². The summed E-state index contributed by atoms with van der Waals surface area (Å²) in [7, 11) is 0. The molecule has 2 fully saturated rings. The number of halogens is 1. The zero-order valence-corrected chi connectivity index (χ0v) is 12.8. The molecule has 2 aliphatic rings. The van der Waals surface area contributed by atoms with Crippen LogP contribution in [0.15, 0.2) is 41.3 Å². The monoisotopic (exact) mass is 329 g/mol. The molecule has 1 N–H and O–H groups in total. The molecule has 0 spiro atoms. The van der Waals surface area contributed by atoms with E-state index < -0.39 is 5.82 Å². The molecule has 0 aromatic carbocycles. The fourth-order valence-electron chi connectivity index (χ4n) is 3.80. The molecule has 0 unspecified atom stereocenters. The van der Waals surface area contributed by atoms with E-state index in [4.69, 9.17) is 4.42 Å². The van der Waals surface area contributed by atoms with Crippen molar-refractivity contribution in [3.63, 3.8) is 0 Å². The third-order valence-electron chi connectivity index (χ3n) is 4.84. The minimum Gasteiger partial charge on any atom is -0.459 e. The molecule has 124 valence electrons. The molecular formula is C17H16FN3O3. The first-order chi connectivity index (χ1) is 11.6. The number of carbonyl (C=O) groups excluding carboxylic acids is 2. The van der Waals surface area contributed by atoms with Crippen molar-refractivity contribution < 1.29 is 18.4 Å². The summed E-state index contributed by atoms with van der Waals surface area (Å²) in [5.74, 6) is -1.00. The van der Waals surface area contributed by atoms with Gasteiger partial charge in [-0.25, -0.2) is 4.39 Å². The third-order valence-corrected chi connectivity index (χ3v) is 4.84. The quantitative estimate of drug-likeness (QED) is 0.934. The van der Waals surface area contributed by atoms with Gasteiger partial charge in [-0.3, -0.25) is 14.6 Å². The van der Waals surface area contributed by atoms with E-state index in [0.29, 0.717) is 6.42 Å². The summed E-state index contributed by atoms with van der Waals surface area (Å²) >= 11 is 0. The van der Waals surface area contributed by atoms with Crippen molar-refractivity contribution in [3.8, 4) is 0 Å². The minimum absolute atomic E-state index is 0.0250. The molecule has 7 heteroatoms. The second-order valence-corrected chi connectivity index (χ2v) is 6.16. The normalized spacial score (nSPS) is 25.0. The lowest BCUT2D eigenvalue weighted by atomic mass is 9.95.